The molecule has 2 heterocycles. The van der Waals surface area contributed by atoms with Crippen LogP contribution in [0.1, 0.15) is 92.1 Å². The molecule has 4 rings (SSSR count). The van der Waals surface area contributed by atoms with Gasteiger partial charge >= 0.3 is 24.6 Å². The van der Waals surface area contributed by atoms with Crippen LogP contribution < -0.4 is 10.2 Å². The van der Waals surface area contributed by atoms with Gasteiger partial charge in [0.1, 0.15) is 0 Å². The predicted octanol–water partition coefficient (Wildman–Crippen LogP) is 9.77. The highest BCUT2D eigenvalue weighted by Gasteiger charge is 2.40. The predicted molar refractivity (Wildman–Crippen MR) is 153 cm³/mol. The van der Waals surface area contributed by atoms with Crippen LogP contribution in [0.2, 0.25) is 0 Å². The summed E-state index contributed by atoms with van der Waals surface area (Å²) in [4.78, 5) is 18.4. The molecular weight excluding hydrogens is 647 g/mol. The van der Waals surface area contributed by atoms with Crippen LogP contribution in [-0.4, -0.2) is 28.9 Å². The number of carbonyl (C=O) groups excluding carboxylic acids is 1. The Hall–Kier alpha value is -3.98. The summed E-state index contributed by atoms with van der Waals surface area (Å²) in [6, 6.07) is 3.61. The van der Waals surface area contributed by atoms with Gasteiger partial charge in [-0.3, -0.25) is 4.90 Å². The minimum Gasteiger partial charge on any atom is -0.449 e. The van der Waals surface area contributed by atoms with Crippen molar-refractivity contribution >= 4 is 17.7 Å². The number of halogens is 9. The van der Waals surface area contributed by atoms with Crippen LogP contribution in [0.5, 0.6) is 0 Å². The molecule has 1 aliphatic heterocycles. The Morgan fingerprint density at radius 1 is 0.872 bits per heavy atom. The monoisotopic (exact) mass is 680 g/mol. The van der Waals surface area contributed by atoms with Gasteiger partial charge in [0, 0.05) is 12.5 Å². The summed E-state index contributed by atoms with van der Waals surface area (Å²) < 4.78 is 130. The van der Waals surface area contributed by atoms with Crippen molar-refractivity contribution < 1.29 is 53.6 Å². The Kier molecular flexibility index (Phi) is 11.0. The molecule has 1 aliphatic rings. The smallest absolute Gasteiger partial charge is 0.416 e. The lowest BCUT2D eigenvalue weighted by atomic mass is 9.89. The first kappa shape index (κ1) is 35.9. The molecule has 0 saturated heterocycles. The number of amides is 1. The van der Waals surface area contributed by atoms with Crippen molar-refractivity contribution in [1.29, 1.82) is 0 Å². The Morgan fingerprint density at radius 3 is 2.06 bits per heavy atom. The molecule has 2 aromatic carbocycles. The zero-order valence-corrected chi connectivity index (χ0v) is 25.5. The molecule has 0 aliphatic carbocycles. The highest BCUT2D eigenvalue weighted by atomic mass is 19.4. The normalized spacial score (nSPS) is 17.0. The van der Waals surface area contributed by atoms with Crippen LogP contribution in [0.15, 0.2) is 40.9 Å². The Bertz CT molecular complexity index is 1490. The molecule has 1 N–H and O–H groups in total. The number of hydrogen-bond donors (Lipinski definition) is 1. The van der Waals surface area contributed by atoms with E-state index in [0.29, 0.717) is 38.5 Å². The summed E-state index contributed by atoms with van der Waals surface area (Å²) in [5, 5.41) is 6.92. The Labute approximate surface area is 264 Å². The number of aromatic nitrogens is 2. The molecule has 3 aromatic rings. The Balaban J connectivity index is 1.36. The summed E-state index contributed by atoms with van der Waals surface area (Å²) in [7, 11) is 0. The molecule has 0 radical (unpaired) electrons. The fourth-order valence-corrected chi connectivity index (χ4v) is 5.55. The van der Waals surface area contributed by atoms with Crippen molar-refractivity contribution in [1.82, 2.24) is 10.1 Å². The van der Waals surface area contributed by atoms with E-state index in [1.807, 2.05) is 6.92 Å². The number of anilines is 2. The van der Waals surface area contributed by atoms with E-state index in [4.69, 9.17) is 9.26 Å². The first-order chi connectivity index (χ1) is 22.0. The summed E-state index contributed by atoms with van der Waals surface area (Å²) in [6.45, 7) is 3.56. The van der Waals surface area contributed by atoms with Gasteiger partial charge in [-0.1, -0.05) is 19.8 Å². The molecular formula is C31H33F9N4O3. The fourth-order valence-electron chi connectivity index (χ4n) is 5.55. The molecule has 0 saturated carbocycles. The number of fused-ring (bicyclic) bond motifs is 1. The maximum absolute atomic E-state index is 13.6. The maximum atomic E-state index is 13.6. The number of rotatable bonds is 11. The van der Waals surface area contributed by atoms with Gasteiger partial charge in [0.25, 0.3) is 5.95 Å². The number of carbonyl (C=O) groups is 1. The highest BCUT2D eigenvalue weighted by molar-refractivity contribution is 5.90. The van der Waals surface area contributed by atoms with Crippen LogP contribution in [0.4, 0.5) is 55.9 Å². The number of nitrogens with zero attached hydrogens (tertiary/aromatic N) is 3. The average Bonchev–Trinajstić information content (AvgIpc) is 3.44. The van der Waals surface area contributed by atoms with Gasteiger partial charge in [0.15, 0.2) is 0 Å². The first-order valence-corrected chi connectivity index (χ1v) is 15.1. The van der Waals surface area contributed by atoms with Crippen LogP contribution >= 0.6 is 0 Å². The van der Waals surface area contributed by atoms with E-state index in [0.717, 1.165) is 24.3 Å². The lowest BCUT2D eigenvalue weighted by Crippen LogP contribution is -2.46. The van der Waals surface area contributed by atoms with Crippen LogP contribution in [-0.2, 0) is 36.1 Å². The lowest BCUT2D eigenvalue weighted by molar-refractivity contribution is -0.143. The molecule has 0 bridgehead atoms. The molecule has 2 atom stereocenters. The molecule has 0 spiro atoms. The largest absolute Gasteiger partial charge is 0.449 e. The maximum Gasteiger partial charge on any atom is 0.416 e. The summed E-state index contributed by atoms with van der Waals surface area (Å²) >= 11 is 0. The summed E-state index contributed by atoms with van der Waals surface area (Å²) in [5.41, 5.74) is -3.14. The Morgan fingerprint density at radius 2 is 1.49 bits per heavy atom. The number of nitrogens with one attached hydrogen (secondary N) is 1. The molecule has 16 heteroatoms. The van der Waals surface area contributed by atoms with Crippen molar-refractivity contribution in [2.75, 3.05) is 16.8 Å². The minimum atomic E-state index is -4.90. The van der Waals surface area contributed by atoms with Gasteiger partial charge in [-0.05, 0) is 91.7 Å². The molecule has 1 aromatic heterocycles. The molecule has 47 heavy (non-hydrogen) atoms. The molecule has 0 unspecified atom stereocenters. The number of hydrogen-bond acceptors (Lipinski definition) is 6. The van der Waals surface area contributed by atoms with E-state index in [2.05, 4.69) is 15.5 Å². The van der Waals surface area contributed by atoms with Gasteiger partial charge in [0.05, 0.1) is 35.0 Å². The second-order valence-electron chi connectivity index (χ2n) is 11.2. The van der Waals surface area contributed by atoms with Gasteiger partial charge in [-0.15, -0.1) is 0 Å². The molecule has 7 nitrogen and oxygen atoms in total. The third-order valence-electron chi connectivity index (χ3n) is 7.82. The van der Waals surface area contributed by atoms with Crippen LogP contribution in [0.3, 0.4) is 0 Å². The van der Waals surface area contributed by atoms with E-state index < -0.39 is 53.4 Å². The van der Waals surface area contributed by atoms with E-state index in [9.17, 15) is 44.3 Å². The van der Waals surface area contributed by atoms with Crippen molar-refractivity contribution in [2.24, 2.45) is 0 Å². The van der Waals surface area contributed by atoms with Gasteiger partial charge in [-0.2, -0.15) is 44.5 Å². The highest BCUT2D eigenvalue weighted by Crippen LogP contribution is 2.43. The number of alkyl halides is 9. The van der Waals surface area contributed by atoms with E-state index >= 15 is 0 Å². The molecule has 0 fully saturated rings. The van der Waals surface area contributed by atoms with Crippen LogP contribution in [0, 0.1) is 0 Å². The van der Waals surface area contributed by atoms with Crippen LogP contribution in [0.25, 0.3) is 0 Å². The number of aryl methyl sites for hydroxylation is 2. The topological polar surface area (TPSA) is 80.5 Å². The van der Waals surface area contributed by atoms with Crippen molar-refractivity contribution in [3.63, 3.8) is 0 Å². The quantitative estimate of drug-likeness (QED) is 0.161. The van der Waals surface area contributed by atoms with Gasteiger partial charge in [0.2, 0.25) is 5.89 Å². The SMILES string of the molecule is CCOC(=O)N1c2ccc(C(F)(F)F)cc2[C@@H](Nc2noc(CCCCCCc3cc(C(F)(F)F)cc(C(F)(F)F)c3)n2)C[C@H]1CC. The third kappa shape index (κ3) is 9.10. The average molecular weight is 681 g/mol. The molecule has 258 valence electrons. The van der Waals surface area contributed by atoms with Crippen molar-refractivity contribution in [3.8, 4) is 0 Å². The zero-order chi connectivity index (χ0) is 34.6. The van der Waals surface area contributed by atoms with Crippen molar-refractivity contribution in [3.05, 3.63) is 70.1 Å². The number of benzene rings is 2. The lowest BCUT2D eigenvalue weighted by Gasteiger charge is -2.40. The van der Waals surface area contributed by atoms with E-state index in [1.54, 1.807) is 6.92 Å². The third-order valence-corrected chi connectivity index (χ3v) is 7.82. The minimum absolute atomic E-state index is 0.0346. The van der Waals surface area contributed by atoms with Gasteiger partial charge < -0.3 is 14.6 Å². The summed E-state index contributed by atoms with van der Waals surface area (Å²) in [6.07, 6.45) is -12.0. The second-order valence-corrected chi connectivity index (χ2v) is 11.2. The van der Waals surface area contributed by atoms with Crippen molar-refractivity contribution in [2.45, 2.75) is 95.8 Å². The van der Waals surface area contributed by atoms with E-state index in [-0.39, 0.29) is 54.2 Å². The number of unbranched alkanes of at least 4 members (excludes halogenated alkanes) is 3. The zero-order valence-electron chi connectivity index (χ0n) is 25.5. The molecule has 1 amide bonds. The van der Waals surface area contributed by atoms with Gasteiger partial charge in [-0.25, -0.2) is 4.79 Å². The second kappa shape index (κ2) is 14.4. The fraction of sp³-hybridized carbons (Fsp3) is 0.516. The summed E-state index contributed by atoms with van der Waals surface area (Å²) in [5.74, 6) is 0.276. The standard InChI is InChI=1S/C31H33F9N4O3/c1-3-22-17-24(23-16-19(29(32,33)34)11-12-25(23)44(22)28(45)46-4-2)41-27-42-26(47-43-27)10-8-6-5-7-9-18-13-20(30(35,36)37)15-21(14-18)31(38,39)40/h11-16,22,24H,3-10,17H2,1-2H3,(H,41,43)/t22-,24+/m1/s1. The van der Waals surface area contributed by atoms with E-state index in [1.165, 1.54) is 11.0 Å². The number of ether oxygens (including phenoxy) is 1. The first-order valence-electron chi connectivity index (χ1n) is 15.1.